The van der Waals surface area contributed by atoms with E-state index in [1.54, 1.807) is 0 Å². The van der Waals surface area contributed by atoms with Crippen molar-refractivity contribution in [1.82, 2.24) is 4.90 Å². The molecule has 0 aliphatic carbocycles. The van der Waals surface area contributed by atoms with Crippen LogP contribution in [0.4, 0.5) is 5.69 Å². The second-order valence-electron chi connectivity index (χ2n) is 6.53. The Bertz CT molecular complexity index is 793. The number of nitro benzene ring substituents is 1. The lowest BCUT2D eigenvalue weighted by molar-refractivity contribution is -0.384. The van der Waals surface area contributed by atoms with Crippen molar-refractivity contribution in [2.45, 2.75) is 56.8 Å². The average Bonchev–Trinajstić information content (AvgIpc) is 2.58. The maximum atomic E-state index is 12.5. The molecule has 0 spiro atoms. The molecule has 0 aliphatic heterocycles. The monoisotopic (exact) mass is 400 g/mol. The molecule has 10 heteroatoms. The van der Waals surface area contributed by atoms with E-state index in [0.29, 0.717) is 0 Å². The van der Waals surface area contributed by atoms with E-state index in [9.17, 15) is 28.1 Å². The lowest BCUT2D eigenvalue weighted by Gasteiger charge is -2.30. The third kappa shape index (κ3) is 5.49. The molecule has 0 N–H and O–H groups in total. The summed E-state index contributed by atoms with van der Waals surface area (Å²) in [5, 5.41) is 9.09. The van der Waals surface area contributed by atoms with Crippen LogP contribution in [0.3, 0.4) is 0 Å². The fraction of sp³-hybridized carbons (Fsp3) is 0.529. The molecule has 9 nitrogen and oxygen atoms in total. The highest BCUT2D eigenvalue weighted by Gasteiger charge is 2.32. The summed E-state index contributed by atoms with van der Waals surface area (Å²) in [5.41, 5.74) is -0.266. The number of nitrogens with zero attached hydrogens (tertiary/aromatic N) is 2. The molecule has 0 radical (unpaired) electrons. The third-order valence-electron chi connectivity index (χ3n) is 3.91. The highest BCUT2D eigenvalue weighted by molar-refractivity contribution is 7.92. The van der Waals surface area contributed by atoms with Crippen LogP contribution >= 0.6 is 0 Å². The molecular formula is C17H24N2O7S. The summed E-state index contributed by atoms with van der Waals surface area (Å²) in [6.07, 6.45) is 0. The lowest BCUT2D eigenvalue weighted by Crippen LogP contribution is -2.44. The number of rotatable bonds is 8. The zero-order valence-electron chi connectivity index (χ0n) is 15.9. The number of hydrogen-bond donors (Lipinski definition) is 0. The Morgan fingerprint density at radius 2 is 1.56 bits per heavy atom. The number of nitro groups is 1. The Morgan fingerprint density at radius 1 is 1.07 bits per heavy atom. The number of esters is 1. The fourth-order valence-electron chi connectivity index (χ4n) is 2.59. The van der Waals surface area contributed by atoms with Gasteiger partial charge < -0.3 is 9.64 Å². The topological polar surface area (TPSA) is 124 Å². The van der Waals surface area contributed by atoms with Gasteiger partial charge in [0.2, 0.25) is 0 Å². The smallest absolute Gasteiger partial charge is 0.324 e. The number of amides is 1. The summed E-state index contributed by atoms with van der Waals surface area (Å²) in [6.45, 7) is 7.87. The lowest BCUT2D eigenvalue weighted by atomic mass is 10.2. The Labute approximate surface area is 158 Å². The number of ether oxygens (including phenoxy) is 1. The van der Waals surface area contributed by atoms with Gasteiger partial charge in [0.1, 0.15) is 0 Å². The molecule has 1 aromatic carbocycles. The van der Waals surface area contributed by atoms with Crippen LogP contribution in [-0.2, 0) is 24.2 Å². The number of non-ortho nitro benzene ring substituents is 1. The fourth-order valence-corrected chi connectivity index (χ4v) is 3.83. The van der Waals surface area contributed by atoms with Gasteiger partial charge in [0.25, 0.3) is 11.6 Å². The van der Waals surface area contributed by atoms with Crippen molar-refractivity contribution in [2.75, 3.05) is 6.61 Å². The zero-order chi connectivity index (χ0) is 20.9. The maximum absolute atomic E-state index is 12.5. The summed E-state index contributed by atoms with van der Waals surface area (Å²) in [6, 6.07) is 3.99. The minimum atomic E-state index is -4.10. The molecule has 1 amide bonds. The quantitative estimate of drug-likeness (QED) is 0.371. The first-order valence-corrected chi connectivity index (χ1v) is 9.90. The summed E-state index contributed by atoms with van der Waals surface area (Å²) in [7, 11) is -4.10. The van der Waals surface area contributed by atoms with Gasteiger partial charge in [-0.25, -0.2) is 8.42 Å². The van der Waals surface area contributed by atoms with Gasteiger partial charge in [-0.3, -0.25) is 19.7 Å². The standard InChI is InChI=1S/C17H24N2O7S/c1-11(2)18(12(3)4)16(20)10-26-17(21)13(5)27(24,25)15-8-6-14(7-9-15)19(22)23/h6-9,11-13H,10H2,1-5H3/t13-/m0/s1. The first kappa shape index (κ1) is 22.6. The van der Waals surface area contributed by atoms with Gasteiger partial charge in [0.15, 0.2) is 21.7 Å². The maximum Gasteiger partial charge on any atom is 0.324 e. The van der Waals surface area contributed by atoms with Crippen molar-refractivity contribution < 1.29 is 27.7 Å². The molecule has 0 bridgehead atoms. The van der Waals surface area contributed by atoms with E-state index in [-0.39, 0.29) is 22.7 Å². The first-order valence-electron chi connectivity index (χ1n) is 8.35. The summed E-state index contributed by atoms with van der Waals surface area (Å²) < 4.78 is 29.9. The largest absolute Gasteiger partial charge is 0.455 e. The molecule has 0 aliphatic rings. The van der Waals surface area contributed by atoms with Gasteiger partial charge in [-0.1, -0.05) is 0 Å². The Kier molecular flexibility index (Phi) is 7.46. The second kappa shape index (κ2) is 8.94. The van der Waals surface area contributed by atoms with E-state index in [1.807, 2.05) is 27.7 Å². The number of carbonyl (C=O) groups is 2. The molecule has 0 fully saturated rings. The number of sulfone groups is 1. The van der Waals surface area contributed by atoms with E-state index in [4.69, 9.17) is 4.74 Å². The predicted octanol–water partition coefficient (Wildman–Crippen LogP) is 1.95. The molecule has 0 saturated carbocycles. The molecule has 27 heavy (non-hydrogen) atoms. The Hall–Kier alpha value is -2.49. The van der Waals surface area contributed by atoms with Gasteiger partial charge in [0.05, 0.1) is 9.82 Å². The van der Waals surface area contributed by atoms with Crippen molar-refractivity contribution in [1.29, 1.82) is 0 Å². The molecule has 1 rings (SSSR count). The van der Waals surface area contributed by atoms with Crippen molar-refractivity contribution in [3.05, 3.63) is 34.4 Å². The van der Waals surface area contributed by atoms with E-state index in [1.165, 1.54) is 4.90 Å². The van der Waals surface area contributed by atoms with Gasteiger partial charge in [-0.2, -0.15) is 0 Å². The van der Waals surface area contributed by atoms with Crippen molar-refractivity contribution >= 4 is 27.4 Å². The van der Waals surface area contributed by atoms with Crippen LogP contribution in [0.15, 0.2) is 29.2 Å². The molecule has 1 aromatic rings. The second-order valence-corrected chi connectivity index (χ2v) is 8.80. The molecule has 0 heterocycles. The first-order chi connectivity index (χ1) is 12.4. The number of benzene rings is 1. The minimum absolute atomic E-state index is 0.0996. The highest BCUT2D eigenvalue weighted by atomic mass is 32.2. The molecule has 1 atom stereocenters. The van der Waals surface area contributed by atoms with Crippen LogP contribution in [0, 0.1) is 10.1 Å². The van der Waals surface area contributed by atoms with Crippen LogP contribution < -0.4 is 0 Å². The zero-order valence-corrected chi connectivity index (χ0v) is 16.7. The summed E-state index contributed by atoms with van der Waals surface area (Å²) in [4.78, 5) is 35.6. The van der Waals surface area contributed by atoms with Crippen LogP contribution in [-0.4, -0.2) is 54.1 Å². The SMILES string of the molecule is CC(C)N(C(=O)COC(=O)[C@H](C)S(=O)(=O)c1ccc([N+](=O)[O-])cc1)C(C)C. The third-order valence-corrected chi connectivity index (χ3v) is 5.96. The van der Waals surface area contributed by atoms with E-state index in [0.717, 1.165) is 31.2 Å². The average molecular weight is 400 g/mol. The molecule has 150 valence electrons. The van der Waals surface area contributed by atoms with E-state index in [2.05, 4.69) is 0 Å². The minimum Gasteiger partial charge on any atom is -0.455 e. The van der Waals surface area contributed by atoms with E-state index >= 15 is 0 Å². The number of hydrogen-bond acceptors (Lipinski definition) is 7. The van der Waals surface area contributed by atoms with Gasteiger partial charge in [-0.05, 0) is 46.8 Å². The molecule has 0 unspecified atom stereocenters. The molecule has 0 aromatic heterocycles. The number of carbonyl (C=O) groups excluding carboxylic acids is 2. The van der Waals surface area contributed by atoms with Crippen LogP contribution in [0.1, 0.15) is 34.6 Å². The predicted molar refractivity (Wildman–Crippen MR) is 97.8 cm³/mol. The van der Waals surface area contributed by atoms with Crippen molar-refractivity contribution in [3.63, 3.8) is 0 Å². The highest BCUT2D eigenvalue weighted by Crippen LogP contribution is 2.20. The van der Waals surface area contributed by atoms with Gasteiger partial charge in [-0.15, -0.1) is 0 Å². The summed E-state index contributed by atoms with van der Waals surface area (Å²) >= 11 is 0. The summed E-state index contributed by atoms with van der Waals surface area (Å²) in [5.74, 6) is -1.48. The normalized spacial score (nSPS) is 12.7. The van der Waals surface area contributed by atoms with Crippen LogP contribution in [0.25, 0.3) is 0 Å². The molecular weight excluding hydrogens is 376 g/mol. The van der Waals surface area contributed by atoms with Crippen molar-refractivity contribution in [3.8, 4) is 0 Å². The van der Waals surface area contributed by atoms with Crippen LogP contribution in [0.5, 0.6) is 0 Å². The van der Waals surface area contributed by atoms with E-state index < -0.39 is 38.5 Å². The van der Waals surface area contributed by atoms with Gasteiger partial charge >= 0.3 is 5.97 Å². The van der Waals surface area contributed by atoms with Crippen LogP contribution in [0.2, 0.25) is 0 Å². The molecule has 0 saturated heterocycles. The van der Waals surface area contributed by atoms with Crippen molar-refractivity contribution in [2.24, 2.45) is 0 Å². The Morgan fingerprint density at radius 3 is 1.96 bits per heavy atom. The van der Waals surface area contributed by atoms with Gasteiger partial charge in [0, 0.05) is 24.2 Å². The Balaban J connectivity index is 2.85.